The number of hydrogen-bond acceptors (Lipinski definition) is 8. The van der Waals surface area contributed by atoms with Gasteiger partial charge in [-0.25, -0.2) is 9.99 Å². The zero-order valence-electron chi connectivity index (χ0n) is 22.0. The molecular formula is C27H31F3N6O4. The van der Waals surface area contributed by atoms with Crippen LogP contribution in [0.4, 0.5) is 19.0 Å². The van der Waals surface area contributed by atoms with E-state index in [4.69, 9.17) is 15.2 Å². The van der Waals surface area contributed by atoms with Crippen LogP contribution in [0.15, 0.2) is 71.2 Å². The minimum atomic E-state index is -4.43. The minimum absolute atomic E-state index is 0.0550. The molecule has 4 N–H and O–H groups in total. The Labute approximate surface area is 229 Å². The van der Waals surface area contributed by atoms with Crippen molar-refractivity contribution in [3.63, 3.8) is 0 Å². The van der Waals surface area contributed by atoms with Crippen molar-refractivity contribution in [1.82, 2.24) is 15.6 Å². The van der Waals surface area contributed by atoms with Crippen LogP contribution in [0.1, 0.15) is 24.8 Å². The van der Waals surface area contributed by atoms with E-state index in [1.54, 1.807) is 24.4 Å². The number of rotatable bonds is 12. The molecule has 214 valence electrons. The summed E-state index contributed by atoms with van der Waals surface area (Å²) in [4.78, 5) is 28.8. The fourth-order valence-corrected chi connectivity index (χ4v) is 3.95. The number of amides is 2. The number of nitrogens with one attached hydrogen (secondary N) is 2. The van der Waals surface area contributed by atoms with Crippen LogP contribution >= 0.6 is 0 Å². The van der Waals surface area contributed by atoms with Crippen LogP contribution < -0.4 is 30.8 Å². The van der Waals surface area contributed by atoms with Crippen LogP contribution in [0.3, 0.4) is 0 Å². The van der Waals surface area contributed by atoms with Crippen molar-refractivity contribution >= 4 is 24.3 Å². The Morgan fingerprint density at radius 1 is 1.25 bits per heavy atom. The maximum Gasteiger partial charge on any atom is 0.422 e. The summed E-state index contributed by atoms with van der Waals surface area (Å²) >= 11 is 0. The molecule has 1 aromatic carbocycles. The van der Waals surface area contributed by atoms with Crippen molar-refractivity contribution in [2.24, 2.45) is 10.8 Å². The summed E-state index contributed by atoms with van der Waals surface area (Å²) in [5.74, 6) is -0.522. The Hall–Kier alpha value is -4.55. The van der Waals surface area contributed by atoms with Gasteiger partial charge in [-0.05, 0) is 43.5 Å². The minimum Gasteiger partial charge on any atom is -0.493 e. The molecule has 1 saturated heterocycles. The molecule has 0 radical (unpaired) electrons. The number of carbonyl (C=O) groups is 2. The Balaban J connectivity index is 1.69. The third kappa shape index (κ3) is 8.75. The first-order valence-electron chi connectivity index (χ1n) is 12.3. The van der Waals surface area contributed by atoms with E-state index in [0.717, 1.165) is 5.56 Å². The summed E-state index contributed by atoms with van der Waals surface area (Å²) in [6, 6.07) is 9.43. The van der Waals surface area contributed by atoms with E-state index in [1.807, 2.05) is 13.0 Å². The number of piperidine rings is 1. The number of nitrogens with zero attached hydrogens (tertiary/aromatic N) is 3. The van der Waals surface area contributed by atoms with Gasteiger partial charge in [0.15, 0.2) is 12.4 Å². The molecule has 2 heterocycles. The molecule has 13 heteroatoms. The first kappa shape index (κ1) is 30.0. The van der Waals surface area contributed by atoms with Crippen molar-refractivity contribution in [2.45, 2.75) is 38.4 Å². The first-order chi connectivity index (χ1) is 19.0. The fraction of sp³-hybridized carbons (Fsp3) is 0.333. The van der Waals surface area contributed by atoms with Crippen LogP contribution in [0.25, 0.3) is 0 Å². The van der Waals surface area contributed by atoms with Crippen LogP contribution in [0.5, 0.6) is 11.5 Å². The molecule has 10 nitrogen and oxygen atoms in total. The summed E-state index contributed by atoms with van der Waals surface area (Å²) < 4.78 is 47.7. The Morgan fingerprint density at radius 3 is 2.58 bits per heavy atom. The molecular weight excluding hydrogens is 529 g/mol. The van der Waals surface area contributed by atoms with E-state index >= 15 is 0 Å². The SMILES string of the molecule is C=NN(/C(C(=O)NCC(N)=O)=C1\CCC(CCOc2cccc(OCC(F)(F)F)c2)NC1=C)c1ccc(C)cn1. The van der Waals surface area contributed by atoms with Gasteiger partial charge in [-0.2, -0.15) is 18.3 Å². The highest BCUT2D eigenvalue weighted by Gasteiger charge is 2.30. The Kier molecular flexibility index (Phi) is 10.1. The third-order valence-electron chi connectivity index (χ3n) is 5.82. The van der Waals surface area contributed by atoms with Crippen molar-refractivity contribution in [3.05, 3.63) is 71.7 Å². The molecule has 1 aliphatic rings. The number of halogens is 3. The molecule has 2 amide bonds. The number of allylic oxidation sites excluding steroid dienone is 1. The molecule has 0 saturated carbocycles. The number of primary amides is 1. The Morgan fingerprint density at radius 2 is 1.98 bits per heavy atom. The lowest BCUT2D eigenvalue weighted by Gasteiger charge is -2.32. The van der Waals surface area contributed by atoms with Crippen molar-refractivity contribution < 1.29 is 32.2 Å². The van der Waals surface area contributed by atoms with Gasteiger partial charge >= 0.3 is 6.18 Å². The summed E-state index contributed by atoms with van der Waals surface area (Å²) in [7, 11) is 0. The smallest absolute Gasteiger partial charge is 0.422 e. The highest BCUT2D eigenvalue weighted by Crippen LogP contribution is 2.30. The molecule has 1 atom stereocenters. The van der Waals surface area contributed by atoms with Gasteiger partial charge in [-0.15, -0.1) is 0 Å². The van der Waals surface area contributed by atoms with E-state index in [0.29, 0.717) is 42.1 Å². The second-order valence-corrected chi connectivity index (χ2v) is 9.00. The normalized spacial score (nSPS) is 16.4. The lowest BCUT2D eigenvalue weighted by atomic mass is 9.93. The van der Waals surface area contributed by atoms with Crippen molar-refractivity contribution in [2.75, 3.05) is 24.8 Å². The topological polar surface area (TPSA) is 131 Å². The molecule has 1 unspecified atom stereocenters. The second kappa shape index (κ2) is 13.5. The average molecular weight is 561 g/mol. The predicted molar refractivity (Wildman–Crippen MR) is 144 cm³/mol. The van der Waals surface area contributed by atoms with Crippen LogP contribution in [-0.2, 0) is 9.59 Å². The average Bonchev–Trinajstić information content (AvgIpc) is 2.90. The van der Waals surface area contributed by atoms with E-state index in [-0.39, 0.29) is 30.6 Å². The number of pyridine rings is 1. The lowest BCUT2D eigenvalue weighted by Crippen LogP contribution is -2.41. The molecule has 3 rings (SSSR count). The molecule has 1 fully saturated rings. The molecule has 40 heavy (non-hydrogen) atoms. The number of hydrogen-bond donors (Lipinski definition) is 3. The van der Waals surface area contributed by atoms with E-state index in [1.165, 1.54) is 17.1 Å². The summed E-state index contributed by atoms with van der Waals surface area (Å²) in [6.07, 6.45) is -1.22. The highest BCUT2D eigenvalue weighted by atomic mass is 19.4. The number of aromatic nitrogens is 1. The van der Waals surface area contributed by atoms with Gasteiger partial charge in [0.25, 0.3) is 5.91 Å². The number of ether oxygens (including phenoxy) is 2. The zero-order chi connectivity index (χ0) is 29.3. The number of hydrazone groups is 1. The van der Waals surface area contributed by atoms with Gasteiger partial charge in [0, 0.05) is 42.7 Å². The number of nitrogens with two attached hydrogens (primary N) is 1. The first-order valence-corrected chi connectivity index (χ1v) is 12.3. The standard InChI is InChI=1S/C27H31F3N6O4/c1-17-7-10-24(33-14-17)36(32-3)25(26(38)34-15-23(31)37)22-9-8-19(35-18(22)2)11-12-39-20-5-4-6-21(13-20)40-16-27(28,29)30/h4-7,10,13-14,19,35H,2-3,8-9,11-12,15-16H2,1H3,(H2,31,37)(H,34,38)/b25-22+. The third-order valence-corrected chi connectivity index (χ3v) is 5.82. The van der Waals surface area contributed by atoms with Gasteiger partial charge in [0.05, 0.1) is 13.2 Å². The van der Waals surface area contributed by atoms with E-state index in [2.05, 4.69) is 34.0 Å². The van der Waals surface area contributed by atoms with Gasteiger partial charge < -0.3 is 25.8 Å². The van der Waals surface area contributed by atoms with Crippen LogP contribution in [0.2, 0.25) is 0 Å². The predicted octanol–water partition coefficient (Wildman–Crippen LogP) is 3.34. The van der Waals surface area contributed by atoms with Crippen LogP contribution in [-0.4, -0.2) is 55.5 Å². The Bertz CT molecular complexity index is 1260. The summed E-state index contributed by atoms with van der Waals surface area (Å²) in [5.41, 5.74) is 7.26. The van der Waals surface area contributed by atoms with Crippen LogP contribution in [0, 0.1) is 6.92 Å². The summed E-state index contributed by atoms with van der Waals surface area (Å²) in [6.45, 7) is 8.06. The van der Waals surface area contributed by atoms with Gasteiger partial charge in [-0.1, -0.05) is 18.7 Å². The number of benzene rings is 1. The number of aryl methyl sites for hydroxylation is 1. The molecule has 0 bridgehead atoms. The second-order valence-electron chi connectivity index (χ2n) is 9.00. The quantitative estimate of drug-likeness (QED) is 0.206. The maximum atomic E-state index is 13.2. The molecule has 0 spiro atoms. The van der Waals surface area contributed by atoms with Crippen molar-refractivity contribution in [3.8, 4) is 11.5 Å². The van der Waals surface area contributed by atoms with Gasteiger partial charge in [0.2, 0.25) is 5.91 Å². The fourth-order valence-electron chi connectivity index (χ4n) is 3.95. The maximum absolute atomic E-state index is 13.2. The zero-order valence-corrected chi connectivity index (χ0v) is 22.0. The number of alkyl halides is 3. The molecule has 2 aromatic rings. The highest BCUT2D eigenvalue weighted by molar-refractivity contribution is 5.99. The van der Waals surface area contributed by atoms with Crippen molar-refractivity contribution in [1.29, 1.82) is 0 Å². The van der Waals surface area contributed by atoms with E-state index < -0.39 is 24.6 Å². The van der Waals surface area contributed by atoms with Gasteiger partial charge in [0.1, 0.15) is 17.2 Å². The monoisotopic (exact) mass is 560 g/mol. The molecule has 1 aromatic heterocycles. The number of carbonyl (C=O) groups excluding carboxylic acids is 2. The van der Waals surface area contributed by atoms with E-state index in [9.17, 15) is 22.8 Å². The molecule has 1 aliphatic heterocycles. The molecule has 0 aliphatic carbocycles. The number of anilines is 1. The van der Waals surface area contributed by atoms with Gasteiger partial charge in [-0.3, -0.25) is 9.59 Å². The largest absolute Gasteiger partial charge is 0.493 e. The summed E-state index contributed by atoms with van der Waals surface area (Å²) in [5, 5.41) is 11.1. The lowest BCUT2D eigenvalue weighted by molar-refractivity contribution is -0.153.